The Balaban J connectivity index is 0.00000195. The van der Waals surface area contributed by atoms with Crippen LogP contribution in [-0.4, -0.2) is 34.9 Å². The molecule has 199 valence electrons. The predicted molar refractivity (Wildman–Crippen MR) is 159 cm³/mol. The minimum absolute atomic E-state index is 0.153. The summed E-state index contributed by atoms with van der Waals surface area (Å²) in [7, 11) is 1.71. The fourth-order valence-corrected chi connectivity index (χ4v) is 4.30. The Labute approximate surface area is 226 Å². The maximum absolute atomic E-state index is 12.5. The van der Waals surface area contributed by atoms with E-state index in [4.69, 9.17) is 4.74 Å². The molecule has 1 aromatic carbocycles. The molecule has 0 aliphatic heterocycles. The molecule has 0 unspecified atom stereocenters. The van der Waals surface area contributed by atoms with E-state index in [-0.39, 0.29) is 11.7 Å². The third kappa shape index (κ3) is 7.85. The first-order valence-corrected chi connectivity index (χ1v) is 13.4. The number of rotatable bonds is 9. The third-order valence-corrected chi connectivity index (χ3v) is 6.46. The van der Waals surface area contributed by atoms with Crippen molar-refractivity contribution in [3.63, 3.8) is 0 Å². The van der Waals surface area contributed by atoms with Crippen LogP contribution in [0, 0.1) is 6.42 Å². The maximum Gasteiger partial charge on any atom is 0.267 e. The van der Waals surface area contributed by atoms with Gasteiger partial charge in [0.2, 0.25) is 0 Å². The molecule has 0 atom stereocenters. The average Bonchev–Trinajstić information content (AvgIpc) is 3.73. The first-order chi connectivity index (χ1) is 18.5. The Morgan fingerprint density at radius 3 is 2.58 bits per heavy atom. The highest BCUT2D eigenvalue weighted by molar-refractivity contribution is 6.08. The van der Waals surface area contributed by atoms with Crippen molar-refractivity contribution >= 4 is 17.5 Å². The van der Waals surface area contributed by atoms with Gasteiger partial charge in [-0.3, -0.25) is 14.8 Å². The van der Waals surface area contributed by atoms with Gasteiger partial charge in [0.25, 0.3) is 5.56 Å². The first-order valence-electron chi connectivity index (χ1n) is 13.4. The Kier molecular flexibility index (Phi) is 10.8. The van der Waals surface area contributed by atoms with Gasteiger partial charge in [-0.25, -0.2) is 4.68 Å². The van der Waals surface area contributed by atoms with Gasteiger partial charge >= 0.3 is 0 Å². The van der Waals surface area contributed by atoms with E-state index in [1.807, 2.05) is 58.0 Å². The smallest absolute Gasteiger partial charge is 0.267 e. The van der Waals surface area contributed by atoms with Crippen molar-refractivity contribution in [1.29, 1.82) is 0 Å². The average molecular weight is 512 g/mol. The summed E-state index contributed by atoms with van der Waals surface area (Å²) in [6.07, 6.45) is 13.9. The van der Waals surface area contributed by atoms with Crippen LogP contribution in [-0.2, 0) is 11.3 Å². The van der Waals surface area contributed by atoms with Crippen LogP contribution in [0.2, 0.25) is 0 Å². The maximum atomic E-state index is 12.5. The summed E-state index contributed by atoms with van der Waals surface area (Å²) in [5, 5.41) is 4.54. The summed E-state index contributed by atoms with van der Waals surface area (Å²) >= 11 is 0. The molecule has 6 nitrogen and oxygen atoms in total. The second-order valence-corrected chi connectivity index (χ2v) is 9.01. The van der Waals surface area contributed by atoms with Crippen LogP contribution < -0.4 is 5.56 Å². The highest BCUT2D eigenvalue weighted by Gasteiger charge is 2.27. The minimum atomic E-state index is -0.153. The van der Waals surface area contributed by atoms with Gasteiger partial charge in [0.15, 0.2) is 0 Å². The summed E-state index contributed by atoms with van der Waals surface area (Å²) in [5.41, 5.74) is 7.24. The molecule has 0 spiro atoms. The number of ether oxygens (including phenoxy) is 1. The van der Waals surface area contributed by atoms with E-state index < -0.39 is 0 Å². The lowest BCUT2D eigenvalue weighted by molar-refractivity contribution is 0.111. The molecule has 6 heteroatoms. The van der Waals surface area contributed by atoms with Gasteiger partial charge in [0.1, 0.15) is 5.76 Å². The summed E-state index contributed by atoms with van der Waals surface area (Å²) < 4.78 is 7.66. The fraction of sp³-hybridized carbons (Fsp3) is 0.344. The molecule has 0 fully saturated rings. The van der Waals surface area contributed by atoms with Gasteiger partial charge in [-0.2, -0.15) is 5.10 Å². The van der Waals surface area contributed by atoms with Crippen LogP contribution >= 0.6 is 0 Å². The molecule has 4 rings (SSSR count). The zero-order chi connectivity index (χ0) is 27.5. The topological polar surface area (TPSA) is 68.8 Å². The molecule has 0 saturated carbocycles. The molecule has 2 aliphatic rings. The standard InChI is InChI=1S/C30H33N4O2.C2H6/c1-5-23(18-31-4)29-14-15-30(35)34(33-29)20-22-8-7-9-24(16-22)21(3)32-19-27(6-2)36-28-12-10-25-17-26(25)11-13-28;1-2/h5-9,14-19,28H,2,10-13,20H2,1,3-4H3;1-2H3/b23-5+,27-19+,31-18?,32-21?;. The van der Waals surface area contributed by atoms with Crippen LogP contribution in [0.25, 0.3) is 5.57 Å². The van der Waals surface area contributed by atoms with Crippen LogP contribution in [0.3, 0.4) is 0 Å². The van der Waals surface area contributed by atoms with Gasteiger partial charge in [-0.15, -0.1) is 0 Å². The van der Waals surface area contributed by atoms with E-state index in [1.54, 1.807) is 37.7 Å². The molecule has 0 bridgehead atoms. The minimum Gasteiger partial charge on any atom is -0.489 e. The van der Waals surface area contributed by atoms with Crippen molar-refractivity contribution in [3.8, 4) is 0 Å². The molecule has 38 heavy (non-hydrogen) atoms. The number of hydrogen-bond donors (Lipinski definition) is 0. The van der Waals surface area contributed by atoms with E-state index in [9.17, 15) is 4.79 Å². The normalized spacial score (nSPS) is 16.5. The fourth-order valence-electron chi connectivity index (χ4n) is 4.30. The van der Waals surface area contributed by atoms with Crippen molar-refractivity contribution in [3.05, 3.63) is 112 Å². The van der Waals surface area contributed by atoms with E-state index >= 15 is 0 Å². The van der Waals surface area contributed by atoms with Crippen LogP contribution in [0.4, 0.5) is 0 Å². The molecule has 2 aliphatic carbocycles. The number of aromatic nitrogens is 2. The zero-order valence-corrected chi connectivity index (χ0v) is 23.3. The van der Waals surface area contributed by atoms with Crippen LogP contribution in [0.15, 0.2) is 93.0 Å². The Bertz CT molecular complexity index is 1330. The predicted octanol–water partition coefficient (Wildman–Crippen LogP) is 6.73. The molecular weight excluding hydrogens is 472 g/mol. The molecule has 0 saturated heterocycles. The zero-order valence-electron chi connectivity index (χ0n) is 23.3. The number of aliphatic imine (C=N–C) groups is 2. The second kappa shape index (κ2) is 14.2. The molecular formula is C32H39N4O2. The highest BCUT2D eigenvalue weighted by atomic mass is 16.5. The quantitative estimate of drug-likeness (QED) is 0.213. The SMILES string of the molecule is C=C/C(=C\N=C(C)c1cccc(Cn2nc(/C(C=NC)=C/C)ccc2=O)c1)OC1CCC2=C([CH]2)CC1.CC. The van der Waals surface area contributed by atoms with Crippen molar-refractivity contribution < 1.29 is 4.74 Å². The summed E-state index contributed by atoms with van der Waals surface area (Å²) in [6.45, 7) is 12.2. The lowest BCUT2D eigenvalue weighted by Crippen LogP contribution is -2.23. The number of hydrogen-bond acceptors (Lipinski definition) is 5. The molecule has 2 aromatic rings. The van der Waals surface area contributed by atoms with Crippen molar-refractivity contribution in [2.24, 2.45) is 9.98 Å². The van der Waals surface area contributed by atoms with E-state index in [0.29, 0.717) is 18.0 Å². The third-order valence-electron chi connectivity index (χ3n) is 6.46. The van der Waals surface area contributed by atoms with Gasteiger partial charge in [0, 0.05) is 37.0 Å². The number of benzene rings is 1. The molecule has 1 heterocycles. The monoisotopic (exact) mass is 511 g/mol. The lowest BCUT2D eigenvalue weighted by Gasteiger charge is -2.18. The summed E-state index contributed by atoms with van der Waals surface area (Å²) in [6, 6.07) is 11.3. The molecule has 0 N–H and O–H groups in total. The van der Waals surface area contributed by atoms with Gasteiger partial charge in [-0.05, 0) is 68.9 Å². The summed E-state index contributed by atoms with van der Waals surface area (Å²) in [4.78, 5) is 21.2. The largest absolute Gasteiger partial charge is 0.489 e. The molecule has 1 aromatic heterocycles. The van der Waals surface area contributed by atoms with Crippen molar-refractivity contribution in [2.75, 3.05) is 7.05 Å². The highest BCUT2D eigenvalue weighted by Crippen LogP contribution is 2.41. The second-order valence-electron chi connectivity index (χ2n) is 9.01. The van der Waals surface area contributed by atoms with E-state index in [2.05, 4.69) is 28.1 Å². The Hall–Kier alpha value is -3.80. The van der Waals surface area contributed by atoms with Gasteiger partial charge < -0.3 is 4.74 Å². The van der Waals surface area contributed by atoms with Crippen molar-refractivity contribution in [2.45, 2.75) is 66.0 Å². The lowest BCUT2D eigenvalue weighted by atomic mass is 10.1. The molecule has 0 amide bonds. The number of nitrogens with zero attached hydrogens (tertiary/aromatic N) is 4. The van der Waals surface area contributed by atoms with E-state index in [1.165, 1.54) is 15.8 Å². The number of allylic oxidation sites excluding steroid dienone is 5. The van der Waals surface area contributed by atoms with Crippen LogP contribution in [0.1, 0.15) is 70.2 Å². The first kappa shape index (κ1) is 28.8. The van der Waals surface area contributed by atoms with Gasteiger partial charge in [-0.1, -0.05) is 55.8 Å². The van der Waals surface area contributed by atoms with Gasteiger partial charge in [0.05, 0.1) is 24.5 Å². The van der Waals surface area contributed by atoms with Crippen LogP contribution in [0.5, 0.6) is 0 Å². The van der Waals surface area contributed by atoms with E-state index in [0.717, 1.165) is 48.1 Å². The van der Waals surface area contributed by atoms with Crippen molar-refractivity contribution in [1.82, 2.24) is 9.78 Å². The summed E-state index contributed by atoms with van der Waals surface area (Å²) in [5.74, 6) is 0.688. The molecule has 1 radical (unpaired) electrons. The Morgan fingerprint density at radius 1 is 1.18 bits per heavy atom. The Morgan fingerprint density at radius 2 is 1.92 bits per heavy atom.